The molecule has 1 amide bonds. The molecule has 1 aliphatic heterocycles. The maximum atomic E-state index is 12.2. The molecule has 1 saturated heterocycles. The maximum Gasteiger partial charge on any atom is 0.248 e. The molecular weight excluding hydrogens is 430 g/mol. The zero-order chi connectivity index (χ0) is 23.4. The molecule has 2 aromatic carbocycles. The number of anilines is 1. The molecule has 3 aromatic rings. The van der Waals surface area contributed by atoms with Crippen molar-refractivity contribution in [3.8, 4) is 11.6 Å². The Balaban J connectivity index is 1.18. The highest BCUT2D eigenvalue weighted by Crippen LogP contribution is 2.16. The Morgan fingerprint density at radius 2 is 1.79 bits per heavy atom. The first-order valence-electron chi connectivity index (χ1n) is 11.4. The number of nitrogens with zero attached hydrogens (tertiary/aromatic N) is 2. The van der Waals surface area contributed by atoms with Gasteiger partial charge in [0.25, 0.3) is 0 Å². The first kappa shape index (κ1) is 23.5. The van der Waals surface area contributed by atoms with Crippen LogP contribution in [0.25, 0.3) is 6.08 Å². The van der Waals surface area contributed by atoms with Crippen LogP contribution >= 0.6 is 0 Å². The zero-order valence-corrected chi connectivity index (χ0v) is 19.1. The van der Waals surface area contributed by atoms with Crippen molar-refractivity contribution < 1.29 is 19.0 Å². The second kappa shape index (κ2) is 12.5. The van der Waals surface area contributed by atoms with Crippen molar-refractivity contribution in [2.45, 2.75) is 6.61 Å². The number of pyridine rings is 1. The van der Waals surface area contributed by atoms with Crippen molar-refractivity contribution in [1.82, 2.24) is 9.88 Å². The third-order valence-corrected chi connectivity index (χ3v) is 5.32. The smallest absolute Gasteiger partial charge is 0.248 e. The summed E-state index contributed by atoms with van der Waals surface area (Å²) >= 11 is 0. The lowest BCUT2D eigenvalue weighted by Gasteiger charge is -2.26. The molecular formula is C27H29N3O4. The largest absolute Gasteiger partial charge is 0.489 e. The highest BCUT2D eigenvalue weighted by atomic mass is 16.5. The minimum atomic E-state index is -0.229. The number of amides is 1. The summed E-state index contributed by atoms with van der Waals surface area (Å²) in [5.74, 6) is 1.09. The molecule has 0 radical (unpaired) electrons. The second-order valence-corrected chi connectivity index (χ2v) is 7.85. The van der Waals surface area contributed by atoms with Crippen LogP contribution in [-0.2, 0) is 16.1 Å². The molecule has 4 rings (SSSR count). The maximum absolute atomic E-state index is 12.2. The van der Waals surface area contributed by atoms with Gasteiger partial charge in [-0.25, -0.2) is 4.98 Å². The number of benzene rings is 2. The molecule has 0 aliphatic carbocycles. The van der Waals surface area contributed by atoms with Gasteiger partial charge in [-0.1, -0.05) is 42.5 Å². The van der Waals surface area contributed by atoms with E-state index in [1.54, 1.807) is 24.4 Å². The molecule has 34 heavy (non-hydrogen) atoms. The molecule has 1 fully saturated rings. The van der Waals surface area contributed by atoms with Crippen molar-refractivity contribution in [3.05, 3.63) is 90.1 Å². The summed E-state index contributed by atoms with van der Waals surface area (Å²) in [5, 5.41) is 2.81. The summed E-state index contributed by atoms with van der Waals surface area (Å²) in [6.45, 7) is 5.34. The Hall–Kier alpha value is -3.68. The molecule has 1 aromatic heterocycles. The van der Waals surface area contributed by atoms with E-state index >= 15 is 0 Å². The van der Waals surface area contributed by atoms with Gasteiger partial charge in [-0.05, 0) is 35.4 Å². The monoisotopic (exact) mass is 459 g/mol. The summed E-state index contributed by atoms with van der Waals surface area (Å²) in [5.41, 5.74) is 2.63. The fourth-order valence-corrected chi connectivity index (χ4v) is 3.42. The molecule has 176 valence electrons. The highest BCUT2D eigenvalue weighted by Gasteiger charge is 2.10. The number of hydrogen-bond acceptors (Lipinski definition) is 6. The van der Waals surface area contributed by atoms with Crippen LogP contribution in [0.15, 0.2) is 79.0 Å². The lowest BCUT2D eigenvalue weighted by atomic mass is 10.2. The predicted octanol–water partition coefficient (Wildman–Crippen LogP) is 4.02. The fraction of sp³-hybridized carbons (Fsp3) is 0.259. The Morgan fingerprint density at radius 1 is 1.00 bits per heavy atom. The lowest BCUT2D eigenvalue weighted by Crippen LogP contribution is -2.38. The van der Waals surface area contributed by atoms with Gasteiger partial charge in [0.2, 0.25) is 11.8 Å². The third-order valence-electron chi connectivity index (χ3n) is 5.32. The van der Waals surface area contributed by atoms with Crippen molar-refractivity contribution in [2.75, 3.05) is 44.8 Å². The van der Waals surface area contributed by atoms with Crippen molar-refractivity contribution in [3.63, 3.8) is 0 Å². The molecule has 0 spiro atoms. The Morgan fingerprint density at radius 3 is 2.53 bits per heavy atom. The van der Waals surface area contributed by atoms with Crippen LogP contribution < -0.4 is 14.8 Å². The second-order valence-electron chi connectivity index (χ2n) is 7.85. The summed E-state index contributed by atoms with van der Waals surface area (Å²) in [7, 11) is 0. The van der Waals surface area contributed by atoms with E-state index in [4.69, 9.17) is 14.2 Å². The van der Waals surface area contributed by atoms with Gasteiger partial charge in [-0.2, -0.15) is 0 Å². The van der Waals surface area contributed by atoms with Gasteiger partial charge in [0.05, 0.1) is 25.1 Å². The lowest BCUT2D eigenvalue weighted by molar-refractivity contribution is -0.111. The van der Waals surface area contributed by atoms with Crippen LogP contribution in [0.1, 0.15) is 11.1 Å². The average Bonchev–Trinajstić information content (AvgIpc) is 2.89. The van der Waals surface area contributed by atoms with Gasteiger partial charge in [-0.3, -0.25) is 9.69 Å². The van der Waals surface area contributed by atoms with Gasteiger partial charge in [0.15, 0.2) is 0 Å². The first-order chi connectivity index (χ1) is 16.7. The molecule has 7 heteroatoms. The number of ether oxygens (including phenoxy) is 3. The predicted molar refractivity (Wildman–Crippen MR) is 132 cm³/mol. The molecule has 0 atom stereocenters. The Labute approximate surface area is 200 Å². The van der Waals surface area contributed by atoms with Crippen molar-refractivity contribution in [2.24, 2.45) is 0 Å². The molecule has 1 aliphatic rings. The Kier molecular flexibility index (Phi) is 8.65. The van der Waals surface area contributed by atoms with Gasteiger partial charge >= 0.3 is 0 Å². The number of hydrogen-bond donors (Lipinski definition) is 1. The minimum absolute atomic E-state index is 0.229. The summed E-state index contributed by atoms with van der Waals surface area (Å²) in [4.78, 5) is 18.8. The van der Waals surface area contributed by atoms with Gasteiger partial charge in [0.1, 0.15) is 19.0 Å². The Bertz CT molecular complexity index is 1050. The van der Waals surface area contributed by atoms with Gasteiger partial charge in [-0.15, -0.1) is 0 Å². The third kappa shape index (κ3) is 7.72. The SMILES string of the molecule is O=C(/C=C/c1ccc(OCc2ccccc2)cc1)Nc1ccc(OCCN2CCOCC2)nc1. The molecule has 0 bridgehead atoms. The molecule has 1 N–H and O–H groups in total. The number of morpholine rings is 1. The van der Waals surface area contributed by atoms with E-state index in [1.165, 1.54) is 6.08 Å². The summed E-state index contributed by atoms with van der Waals surface area (Å²) in [6.07, 6.45) is 4.84. The van der Waals surface area contributed by atoms with Crippen LogP contribution in [0.2, 0.25) is 0 Å². The van der Waals surface area contributed by atoms with E-state index < -0.39 is 0 Å². The van der Waals surface area contributed by atoms with Gasteiger partial charge in [0, 0.05) is 31.8 Å². The van der Waals surface area contributed by atoms with Crippen LogP contribution in [0.5, 0.6) is 11.6 Å². The zero-order valence-electron chi connectivity index (χ0n) is 19.1. The van der Waals surface area contributed by atoms with E-state index in [0.717, 1.165) is 49.7 Å². The van der Waals surface area contributed by atoms with E-state index in [2.05, 4.69) is 15.2 Å². The van der Waals surface area contributed by atoms with Crippen molar-refractivity contribution >= 4 is 17.7 Å². The number of carbonyl (C=O) groups excluding carboxylic acids is 1. The minimum Gasteiger partial charge on any atom is -0.489 e. The van der Waals surface area contributed by atoms with Gasteiger partial charge < -0.3 is 19.5 Å². The van der Waals surface area contributed by atoms with E-state index in [9.17, 15) is 4.79 Å². The topological polar surface area (TPSA) is 72.9 Å². The summed E-state index contributed by atoms with van der Waals surface area (Å²) in [6, 6.07) is 21.2. The number of carbonyl (C=O) groups is 1. The number of nitrogens with one attached hydrogen (secondary N) is 1. The number of aromatic nitrogens is 1. The number of rotatable bonds is 10. The van der Waals surface area contributed by atoms with E-state index in [-0.39, 0.29) is 5.91 Å². The normalized spacial score (nSPS) is 14.1. The quantitative estimate of drug-likeness (QED) is 0.462. The molecule has 7 nitrogen and oxygen atoms in total. The van der Waals surface area contributed by atoms with E-state index in [1.807, 2.05) is 54.6 Å². The van der Waals surface area contributed by atoms with Crippen molar-refractivity contribution in [1.29, 1.82) is 0 Å². The van der Waals surface area contributed by atoms with Crippen LogP contribution in [-0.4, -0.2) is 55.2 Å². The average molecular weight is 460 g/mol. The standard InChI is InChI=1S/C27H29N3O4/c31-26(12-8-22-6-10-25(11-7-22)34-21-23-4-2-1-3-5-23)29-24-9-13-27(28-20-24)33-19-16-30-14-17-32-18-15-30/h1-13,20H,14-19,21H2,(H,29,31)/b12-8+. The first-order valence-corrected chi connectivity index (χ1v) is 11.4. The molecule has 0 unspecified atom stereocenters. The van der Waals surface area contributed by atoms with Crippen LogP contribution in [0, 0.1) is 0 Å². The summed E-state index contributed by atoms with van der Waals surface area (Å²) < 4.78 is 16.8. The molecule has 0 saturated carbocycles. The molecule has 2 heterocycles. The fourth-order valence-electron chi connectivity index (χ4n) is 3.42. The van der Waals surface area contributed by atoms with E-state index in [0.29, 0.717) is 24.8 Å². The highest BCUT2D eigenvalue weighted by molar-refractivity contribution is 6.01. The van der Waals surface area contributed by atoms with Crippen LogP contribution in [0.4, 0.5) is 5.69 Å². The van der Waals surface area contributed by atoms with Crippen LogP contribution in [0.3, 0.4) is 0 Å².